The minimum Gasteiger partial charge on any atom is -0.314 e. The third-order valence-electron chi connectivity index (χ3n) is 5.12. The summed E-state index contributed by atoms with van der Waals surface area (Å²) in [5.74, 6) is 2.70. The van der Waals surface area contributed by atoms with Gasteiger partial charge in [-0.25, -0.2) is 0 Å². The van der Waals surface area contributed by atoms with Crippen LogP contribution in [0.4, 0.5) is 0 Å². The van der Waals surface area contributed by atoms with Crippen molar-refractivity contribution in [1.82, 2.24) is 10.2 Å². The van der Waals surface area contributed by atoms with Gasteiger partial charge >= 0.3 is 0 Å². The molecule has 0 radical (unpaired) electrons. The van der Waals surface area contributed by atoms with Gasteiger partial charge in [0.25, 0.3) is 0 Å². The summed E-state index contributed by atoms with van der Waals surface area (Å²) < 4.78 is 0. The number of hydrogen-bond acceptors (Lipinski definition) is 2. The van der Waals surface area contributed by atoms with Crippen LogP contribution in [0.15, 0.2) is 0 Å². The van der Waals surface area contributed by atoms with Gasteiger partial charge in [0.05, 0.1) is 0 Å². The Kier molecular flexibility index (Phi) is 5.50. The molecule has 1 saturated heterocycles. The van der Waals surface area contributed by atoms with Gasteiger partial charge in [-0.15, -0.1) is 0 Å². The monoisotopic (exact) mass is 252 g/mol. The second kappa shape index (κ2) is 6.91. The summed E-state index contributed by atoms with van der Waals surface area (Å²) in [6, 6.07) is 0.796. The van der Waals surface area contributed by atoms with Crippen LogP contribution in [0.2, 0.25) is 0 Å². The molecule has 1 aliphatic carbocycles. The summed E-state index contributed by atoms with van der Waals surface area (Å²) in [5, 5.41) is 3.79. The molecule has 1 N–H and O–H groups in total. The Bertz CT molecular complexity index is 231. The molecule has 18 heavy (non-hydrogen) atoms. The van der Waals surface area contributed by atoms with Crippen LogP contribution in [-0.2, 0) is 0 Å². The van der Waals surface area contributed by atoms with Gasteiger partial charge < -0.3 is 10.2 Å². The number of nitrogens with zero attached hydrogens (tertiary/aromatic N) is 1. The summed E-state index contributed by atoms with van der Waals surface area (Å²) in [6.45, 7) is 12.3. The van der Waals surface area contributed by atoms with Gasteiger partial charge in [0.15, 0.2) is 0 Å². The van der Waals surface area contributed by atoms with Crippen molar-refractivity contribution in [3.63, 3.8) is 0 Å². The normalized spacial score (nSPS) is 38.2. The zero-order chi connectivity index (χ0) is 13.0. The van der Waals surface area contributed by atoms with Crippen molar-refractivity contribution in [2.45, 2.75) is 58.9 Å². The summed E-state index contributed by atoms with van der Waals surface area (Å²) in [6.07, 6.45) is 7.00. The van der Waals surface area contributed by atoms with Crippen molar-refractivity contribution < 1.29 is 0 Å². The van der Waals surface area contributed by atoms with E-state index in [1.54, 1.807) is 0 Å². The van der Waals surface area contributed by atoms with Crippen LogP contribution in [0.3, 0.4) is 0 Å². The van der Waals surface area contributed by atoms with E-state index in [1.165, 1.54) is 58.3 Å². The lowest BCUT2D eigenvalue weighted by atomic mass is 9.84. The van der Waals surface area contributed by atoms with Crippen molar-refractivity contribution in [1.29, 1.82) is 0 Å². The molecule has 2 rings (SSSR count). The highest BCUT2D eigenvalue weighted by molar-refractivity contribution is 4.86. The zero-order valence-corrected chi connectivity index (χ0v) is 12.6. The van der Waals surface area contributed by atoms with Gasteiger partial charge in [0.2, 0.25) is 0 Å². The molecule has 1 aliphatic heterocycles. The second-order valence-electron chi connectivity index (χ2n) is 6.78. The van der Waals surface area contributed by atoms with E-state index >= 15 is 0 Å². The van der Waals surface area contributed by atoms with Gasteiger partial charge in [-0.2, -0.15) is 0 Å². The summed E-state index contributed by atoms with van der Waals surface area (Å²) in [4.78, 5) is 2.73. The Labute approximate surface area is 114 Å². The van der Waals surface area contributed by atoms with Gasteiger partial charge in [0.1, 0.15) is 0 Å². The molecule has 4 unspecified atom stereocenters. The second-order valence-corrected chi connectivity index (χ2v) is 6.78. The van der Waals surface area contributed by atoms with Crippen molar-refractivity contribution in [3.05, 3.63) is 0 Å². The highest BCUT2D eigenvalue weighted by atomic mass is 15.2. The van der Waals surface area contributed by atoms with Gasteiger partial charge in [-0.05, 0) is 43.6 Å². The van der Waals surface area contributed by atoms with Crippen LogP contribution >= 0.6 is 0 Å². The third kappa shape index (κ3) is 3.71. The molecule has 2 nitrogen and oxygen atoms in total. The first-order chi connectivity index (χ1) is 8.70. The van der Waals surface area contributed by atoms with E-state index in [-0.39, 0.29) is 0 Å². The summed E-state index contributed by atoms with van der Waals surface area (Å²) in [5.41, 5.74) is 0. The Hall–Kier alpha value is -0.0800. The summed E-state index contributed by atoms with van der Waals surface area (Å²) in [7, 11) is 0. The van der Waals surface area contributed by atoms with E-state index in [9.17, 15) is 0 Å². The molecule has 1 saturated carbocycles. The molecule has 4 atom stereocenters. The molecule has 0 aromatic carbocycles. The van der Waals surface area contributed by atoms with Crippen LogP contribution in [0.5, 0.6) is 0 Å². The van der Waals surface area contributed by atoms with Crippen LogP contribution < -0.4 is 5.32 Å². The van der Waals surface area contributed by atoms with Gasteiger partial charge in [0, 0.05) is 25.7 Å². The molecule has 2 heteroatoms. The lowest BCUT2D eigenvalue weighted by Crippen LogP contribution is -2.44. The fourth-order valence-corrected chi connectivity index (χ4v) is 3.75. The lowest BCUT2D eigenvalue weighted by Gasteiger charge is -2.35. The van der Waals surface area contributed by atoms with Crippen molar-refractivity contribution in [3.8, 4) is 0 Å². The Balaban J connectivity index is 1.81. The van der Waals surface area contributed by atoms with E-state index in [4.69, 9.17) is 0 Å². The van der Waals surface area contributed by atoms with E-state index in [1.807, 2.05) is 0 Å². The number of nitrogens with one attached hydrogen (secondary N) is 1. The molecule has 2 aliphatic rings. The summed E-state index contributed by atoms with van der Waals surface area (Å²) >= 11 is 0. The minimum absolute atomic E-state index is 0.796. The Morgan fingerprint density at radius 1 is 1.06 bits per heavy atom. The SMILES string of the molecule is CCCNC1CCCCC1CN1CC(C)C(C)C1. The largest absolute Gasteiger partial charge is 0.314 e. The molecule has 0 spiro atoms. The lowest BCUT2D eigenvalue weighted by molar-refractivity contribution is 0.185. The highest BCUT2D eigenvalue weighted by Crippen LogP contribution is 2.29. The molecule has 1 heterocycles. The minimum atomic E-state index is 0.796. The van der Waals surface area contributed by atoms with E-state index in [2.05, 4.69) is 31.0 Å². The standard InChI is InChI=1S/C16H32N2/c1-4-9-17-16-8-6-5-7-15(16)12-18-10-13(2)14(3)11-18/h13-17H,4-12H2,1-3H3. The van der Waals surface area contributed by atoms with Gasteiger partial charge in [-0.3, -0.25) is 0 Å². The van der Waals surface area contributed by atoms with Crippen molar-refractivity contribution >= 4 is 0 Å². The Morgan fingerprint density at radius 3 is 2.39 bits per heavy atom. The van der Waals surface area contributed by atoms with E-state index in [0.29, 0.717) is 0 Å². The molecular formula is C16H32N2. The molecule has 0 aromatic heterocycles. The average molecular weight is 252 g/mol. The molecule has 2 fully saturated rings. The molecule has 0 aromatic rings. The van der Waals surface area contributed by atoms with Crippen LogP contribution in [0.25, 0.3) is 0 Å². The fourth-order valence-electron chi connectivity index (χ4n) is 3.75. The van der Waals surface area contributed by atoms with Crippen LogP contribution in [0.1, 0.15) is 52.9 Å². The highest BCUT2D eigenvalue weighted by Gasteiger charge is 2.31. The van der Waals surface area contributed by atoms with E-state index < -0.39 is 0 Å². The molecule has 106 valence electrons. The topological polar surface area (TPSA) is 15.3 Å². The molecule has 0 amide bonds. The predicted molar refractivity (Wildman–Crippen MR) is 78.8 cm³/mol. The predicted octanol–water partition coefficient (Wildman–Crippen LogP) is 3.13. The first kappa shape index (κ1) is 14.3. The van der Waals surface area contributed by atoms with Crippen LogP contribution in [0, 0.1) is 17.8 Å². The number of likely N-dealkylation sites (tertiary alicyclic amines) is 1. The fraction of sp³-hybridized carbons (Fsp3) is 1.00. The van der Waals surface area contributed by atoms with Crippen LogP contribution in [-0.4, -0.2) is 37.1 Å². The maximum Gasteiger partial charge on any atom is 0.0107 e. The average Bonchev–Trinajstić information content (AvgIpc) is 2.67. The smallest absolute Gasteiger partial charge is 0.0107 e. The molecular weight excluding hydrogens is 220 g/mol. The maximum atomic E-state index is 3.79. The maximum absolute atomic E-state index is 3.79. The third-order valence-corrected chi connectivity index (χ3v) is 5.12. The van der Waals surface area contributed by atoms with Crippen molar-refractivity contribution in [2.75, 3.05) is 26.2 Å². The zero-order valence-electron chi connectivity index (χ0n) is 12.6. The van der Waals surface area contributed by atoms with Crippen molar-refractivity contribution in [2.24, 2.45) is 17.8 Å². The number of rotatable bonds is 5. The van der Waals surface area contributed by atoms with Gasteiger partial charge in [-0.1, -0.05) is 33.6 Å². The first-order valence-corrected chi connectivity index (χ1v) is 8.16. The first-order valence-electron chi connectivity index (χ1n) is 8.16. The number of hydrogen-bond donors (Lipinski definition) is 1. The Morgan fingerprint density at radius 2 is 1.72 bits per heavy atom. The van der Waals surface area contributed by atoms with E-state index in [0.717, 1.165) is 23.8 Å². The molecule has 0 bridgehead atoms. The quantitative estimate of drug-likeness (QED) is 0.809.